The monoisotopic (exact) mass is 716 g/mol. The van der Waals surface area contributed by atoms with E-state index in [1.807, 2.05) is 24.3 Å². The number of hydrogen-bond donors (Lipinski definition) is 0. The number of para-hydroxylation sites is 5. The minimum Gasteiger partial charge on any atom is -0.456 e. The maximum Gasteiger partial charge on any atom is 0.152 e. The van der Waals surface area contributed by atoms with Gasteiger partial charge in [-0.25, -0.2) is 0 Å². The van der Waals surface area contributed by atoms with E-state index in [-0.39, 0.29) is 0 Å². The quantitative estimate of drug-likeness (QED) is 0.178. The molecular formula is C52H32N2O2. The van der Waals surface area contributed by atoms with Crippen molar-refractivity contribution in [2.45, 2.75) is 0 Å². The van der Waals surface area contributed by atoms with Crippen molar-refractivity contribution < 1.29 is 9.15 Å². The Hall–Kier alpha value is -7.56. The molecule has 1 aliphatic rings. The van der Waals surface area contributed by atoms with Crippen LogP contribution < -0.4 is 9.64 Å². The first kappa shape index (κ1) is 30.9. The maximum atomic E-state index is 6.42. The van der Waals surface area contributed by atoms with E-state index in [9.17, 15) is 0 Å². The molecule has 262 valence electrons. The molecule has 0 unspecified atom stereocenters. The molecule has 0 amide bonds. The highest BCUT2D eigenvalue weighted by atomic mass is 16.5. The highest BCUT2D eigenvalue weighted by Crippen LogP contribution is 2.48. The van der Waals surface area contributed by atoms with Gasteiger partial charge in [-0.05, 0) is 100 Å². The van der Waals surface area contributed by atoms with Crippen molar-refractivity contribution in [1.82, 2.24) is 4.57 Å². The van der Waals surface area contributed by atoms with Crippen LogP contribution in [0.1, 0.15) is 0 Å². The van der Waals surface area contributed by atoms with E-state index in [4.69, 9.17) is 9.15 Å². The third-order valence-electron chi connectivity index (χ3n) is 11.4. The van der Waals surface area contributed by atoms with E-state index in [2.05, 4.69) is 179 Å². The lowest BCUT2D eigenvalue weighted by Crippen LogP contribution is -2.11. The molecule has 9 aromatic carbocycles. The molecule has 0 bridgehead atoms. The van der Waals surface area contributed by atoms with E-state index in [0.29, 0.717) is 0 Å². The second-order valence-corrected chi connectivity index (χ2v) is 14.5. The molecule has 3 heterocycles. The van der Waals surface area contributed by atoms with Crippen LogP contribution in [-0.4, -0.2) is 4.57 Å². The van der Waals surface area contributed by atoms with Crippen LogP contribution >= 0.6 is 0 Å². The van der Waals surface area contributed by atoms with Gasteiger partial charge in [0.15, 0.2) is 11.5 Å². The highest BCUT2D eigenvalue weighted by Gasteiger charge is 2.25. The lowest BCUT2D eigenvalue weighted by atomic mass is 9.97. The van der Waals surface area contributed by atoms with Crippen molar-refractivity contribution >= 4 is 71.6 Å². The Kier molecular flexibility index (Phi) is 6.60. The minimum atomic E-state index is 0.864. The third kappa shape index (κ3) is 4.60. The van der Waals surface area contributed by atoms with Gasteiger partial charge in [-0.3, -0.25) is 0 Å². The van der Waals surface area contributed by atoms with E-state index >= 15 is 0 Å². The van der Waals surface area contributed by atoms with Crippen molar-refractivity contribution in [3.8, 4) is 39.4 Å². The smallest absolute Gasteiger partial charge is 0.152 e. The van der Waals surface area contributed by atoms with E-state index in [1.54, 1.807) is 0 Å². The van der Waals surface area contributed by atoms with E-state index in [1.165, 1.54) is 27.1 Å². The zero-order valence-electron chi connectivity index (χ0n) is 30.2. The molecule has 4 nitrogen and oxygen atoms in total. The molecule has 0 atom stereocenters. The van der Waals surface area contributed by atoms with E-state index in [0.717, 1.165) is 83.9 Å². The molecule has 1 aliphatic heterocycles. The summed E-state index contributed by atoms with van der Waals surface area (Å²) in [6.45, 7) is 0. The van der Waals surface area contributed by atoms with Crippen molar-refractivity contribution in [2.75, 3.05) is 4.90 Å². The fourth-order valence-electron chi connectivity index (χ4n) is 8.87. The highest BCUT2D eigenvalue weighted by molar-refractivity contribution is 6.13. The summed E-state index contributed by atoms with van der Waals surface area (Å²) < 4.78 is 15.1. The van der Waals surface area contributed by atoms with Gasteiger partial charge >= 0.3 is 0 Å². The standard InChI is InChI=1S/C52H32N2O2/c1-2-16-38-33(12-1)13-10-19-39(38)34-14-9-15-36(30-34)53(37-27-29-49-44(32-37)41-18-4-7-23-48(41)55-49)45-21-5-3-17-40(45)35-26-28-46-43(31-35)42-20-11-25-51-52(42)54(46)47-22-6-8-24-50(47)56-51/h1-32H. The second-order valence-electron chi connectivity index (χ2n) is 14.5. The van der Waals surface area contributed by atoms with Crippen LogP contribution in [0.15, 0.2) is 199 Å². The molecule has 0 fully saturated rings. The largest absolute Gasteiger partial charge is 0.456 e. The summed E-state index contributed by atoms with van der Waals surface area (Å²) >= 11 is 0. The molecule has 0 radical (unpaired) electrons. The number of hydrogen-bond acceptors (Lipinski definition) is 3. The SMILES string of the molecule is c1cc(-c2cccc3ccccc23)cc(N(c2ccc3oc4ccccc4c3c2)c2ccccc2-c2ccc3c(c2)c2cccc4c2n3-c2ccccc2O4)c1. The average molecular weight is 717 g/mol. The van der Waals surface area contributed by atoms with Gasteiger partial charge in [0, 0.05) is 38.5 Å². The van der Waals surface area contributed by atoms with Crippen LogP contribution in [0.4, 0.5) is 17.1 Å². The normalized spacial score (nSPS) is 12.1. The summed E-state index contributed by atoms with van der Waals surface area (Å²) in [6.07, 6.45) is 0. The van der Waals surface area contributed by atoms with Gasteiger partial charge in [-0.15, -0.1) is 0 Å². The predicted molar refractivity (Wildman–Crippen MR) is 231 cm³/mol. The summed E-state index contributed by atoms with van der Waals surface area (Å²) in [4.78, 5) is 2.40. The zero-order chi connectivity index (χ0) is 36.7. The number of benzene rings is 9. The zero-order valence-corrected chi connectivity index (χ0v) is 30.2. The molecule has 0 aliphatic carbocycles. The van der Waals surface area contributed by atoms with Gasteiger partial charge in [0.2, 0.25) is 0 Å². The van der Waals surface area contributed by atoms with Gasteiger partial charge in [0.05, 0.1) is 22.4 Å². The number of nitrogens with zero attached hydrogens (tertiary/aromatic N) is 2. The van der Waals surface area contributed by atoms with Crippen LogP contribution in [0.5, 0.6) is 11.5 Å². The molecule has 4 heteroatoms. The second kappa shape index (κ2) is 12.0. The maximum absolute atomic E-state index is 6.42. The molecule has 0 saturated heterocycles. The topological polar surface area (TPSA) is 30.5 Å². The van der Waals surface area contributed by atoms with Crippen LogP contribution in [0.25, 0.3) is 82.5 Å². The first-order valence-electron chi connectivity index (χ1n) is 19.0. The predicted octanol–water partition coefficient (Wildman–Crippen LogP) is 14.7. The molecule has 2 aromatic heterocycles. The lowest BCUT2D eigenvalue weighted by Gasteiger charge is -2.28. The van der Waals surface area contributed by atoms with Crippen LogP contribution in [0.2, 0.25) is 0 Å². The van der Waals surface area contributed by atoms with Gasteiger partial charge in [-0.2, -0.15) is 0 Å². The summed E-state index contributed by atoms with van der Waals surface area (Å²) in [5.74, 6) is 1.74. The third-order valence-corrected chi connectivity index (χ3v) is 11.4. The van der Waals surface area contributed by atoms with Crippen molar-refractivity contribution in [1.29, 1.82) is 0 Å². The number of furan rings is 1. The molecular weight excluding hydrogens is 685 g/mol. The van der Waals surface area contributed by atoms with Gasteiger partial charge in [-0.1, -0.05) is 121 Å². The Morgan fingerprint density at radius 2 is 1.11 bits per heavy atom. The van der Waals surface area contributed by atoms with Gasteiger partial charge < -0.3 is 18.6 Å². The van der Waals surface area contributed by atoms with Crippen molar-refractivity contribution in [3.05, 3.63) is 194 Å². The molecule has 11 aromatic rings. The fourth-order valence-corrected chi connectivity index (χ4v) is 8.87. The molecule has 0 saturated carbocycles. The summed E-state index contributed by atoms with van der Waals surface area (Å²) in [7, 11) is 0. The number of aromatic nitrogens is 1. The van der Waals surface area contributed by atoms with Crippen molar-refractivity contribution in [3.63, 3.8) is 0 Å². The molecule has 56 heavy (non-hydrogen) atoms. The Balaban J connectivity index is 1.09. The Labute approximate surface area is 322 Å². The first-order valence-corrected chi connectivity index (χ1v) is 19.0. The average Bonchev–Trinajstić information content (AvgIpc) is 3.80. The number of ether oxygens (including phenoxy) is 1. The number of rotatable bonds is 5. The van der Waals surface area contributed by atoms with Crippen LogP contribution in [0.3, 0.4) is 0 Å². The Morgan fingerprint density at radius 1 is 0.411 bits per heavy atom. The minimum absolute atomic E-state index is 0.864. The number of fused-ring (bicyclic) bond motifs is 9. The summed E-state index contributed by atoms with van der Waals surface area (Å²) in [5.41, 5.74) is 12.9. The van der Waals surface area contributed by atoms with Crippen LogP contribution in [-0.2, 0) is 0 Å². The molecule has 0 spiro atoms. The summed E-state index contributed by atoms with van der Waals surface area (Å²) in [6, 6.07) is 69.2. The lowest BCUT2D eigenvalue weighted by molar-refractivity contribution is 0.476. The van der Waals surface area contributed by atoms with Crippen LogP contribution in [0, 0.1) is 0 Å². The first-order chi connectivity index (χ1) is 27.8. The Morgan fingerprint density at radius 3 is 2.09 bits per heavy atom. The fraction of sp³-hybridized carbons (Fsp3) is 0. The van der Waals surface area contributed by atoms with Gasteiger partial charge in [0.25, 0.3) is 0 Å². The summed E-state index contributed by atoms with van der Waals surface area (Å²) in [5, 5.41) is 7.01. The number of anilines is 3. The molecule has 0 N–H and O–H groups in total. The van der Waals surface area contributed by atoms with E-state index < -0.39 is 0 Å². The van der Waals surface area contributed by atoms with Gasteiger partial charge in [0.1, 0.15) is 11.2 Å². The Bertz CT molecular complexity index is 3360. The van der Waals surface area contributed by atoms with Crippen molar-refractivity contribution in [2.24, 2.45) is 0 Å². The molecule has 12 rings (SSSR count).